The Labute approximate surface area is 166 Å². The molecule has 0 bridgehead atoms. The van der Waals surface area contributed by atoms with Crippen LogP contribution in [0.25, 0.3) is 21.7 Å². The molecule has 1 fully saturated rings. The van der Waals surface area contributed by atoms with E-state index < -0.39 is 0 Å². The predicted octanol–water partition coefficient (Wildman–Crippen LogP) is 4.44. The number of nitrogens with zero attached hydrogens (tertiary/aromatic N) is 2. The van der Waals surface area contributed by atoms with Crippen molar-refractivity contribution >= 4 is 16.5 Å². The van der Waals surface area contributed by atoms with Crippen LogP contribution in [-0.2, 0) is 0 Å². The highest BCUT2D eigenvalue weighted by atomic mass is 32.1. The standard InChI is InChI=1S/C20H21N3O4S/c24-14-8-6-11(10-16(14)26)17-13(7-9-15(25)18(17)27)19-22-23-20(28-19)21-12-4-2-1-3-5-12/h6-10,12,24-27H,1-5H2,(H,21,23). The van der Waals surface area contributed by atoms with Gasteiger partial charge in [-0.3, -0.25) is 0 Å². The van der Waals surface area contributed by atoms with Crippen molar-refractivity contribution in [1.29, 1.82) is 0 Å². The Hall–Kier alpha value is -3.00. The topological polar surface area (TPSA) is 119 Å². The van der Waals surface area contributed by atoms with Gasteiger partial charge in [0.25, 0.3) is 0 Å². The number of benzene rings is 2. The van der Waals surface area contributed by atoms with Gasteiger partial charge in [-0.05, 0) is 42.7 Å². The summed E-state index contributed by atoms with van der Waals surface area (Å²) in [5.41, 5.74) is 1.33. The van der Waals surface area contributed by atoms with Crippen LogP contribution in [0.15, 0.2) is 30.3 Å². The molecule has 1 aromatic heterocycles. The van der Waals surface area contributed by atoms with E-state index in [4.69, 9.17) is 0 Å². The van der Waals surface area contributed by atoms with Crippen LogP contribution in [0.1, 0.15) is 32.1 Å². The van der Waals surface area contributed by atoms with Crippen molar-refractivity contribution in [3.8, 4) is 44.7 Å². The van der Waals surface area contributed by atoms with Crippen LogP contribution in [0.3, 0.4) is 0 Å². The summed E-state index contributed by atoms with van der Waals surface area (Å²) < 4.78 is 0. The molecule has 1 aliphatic carbocycles. The maximum atomic E-state index is 10.5. The molecule has 0 radical (unpaired) electrons. The van der Waals surface area contributed by atoms with Crippen molar-refractivity contribution in [2.24, 2.45) is 0 Å². The predicted molar refractivity (Wildman–Crippen MR) is 108 cm³/mol. The molecule has 1 aliphatic rings. The minimum absolute atomic E-state index is 0.264. The van der Waals surface area contributed by atoms with E-state index in [2.05, 4.69) is 15.5 Å². The molecule has 2 aromatic carbocycles. The van der Waals surface area contributed by atoms with Gasteiger partial charge in [-0.15, -0.1) is 10.2 Å². The monoisotopic (exact) mass is 399 g/mol. The number of anilines is 1. The van der Waals surface area contributed by atoms with E-state index in [9.17, 15) is 20.4 Å². The van der Waals surface area contributed by atoms with E-state index in [0.717, 1.165) is 12.8 Å². The summed E-state index contributed by atoms with van der Waals surface area (Å²) in [4.78, 5) is 0. The van der Waals surface area contributed by atoms with Crippen LogP contribution in [0.5, 0.6) is 23.0 Å². The van der Waals surface area contributed by atoms with E-state index in [1.54, 1.807) is 12.1 Å². The number of phenols is 4. The van der Waals surface area contributed by atoms with E-state index in [1.165, 1.54) is 48.8 Å². The fourth-order valence-electron chi connectivity index (χ4n) is 3.54. The smallest absolute Gasteiger partial charge is 0.206 e. The van der Waals surface area contributed by atoms with E-state index in [1.807, 2.05) is 0 Å². The number of rotatable bonds is 4. The molecular formula is C20H21N3O4S. The molecule has 8 heteroatoms. The zero-order chi connectivity index (χ0) is 19.7. The molecule has 0 saturated heterocycles. The lowest BCUT2D eigenvalue weighted by molar-refractivity contribution is 0.402. The van der Waals surface area contributed by atoms with Gasteiger partial charge in [0.15, 0.2) is 23.0 Å². The molecule has 1 saturated carbocycles. The van der Waals surface area contributed by atoms with E-state index in [0.29, 0.717) is 32.9 Å². The highest BCUT2D eigenvalue weighted by Gasteiger charge is 2.21. The first-order valence-corrected chi connectivity index (χ1v) is 10.0. The van der Waals surface area contributed by atoms with Crippen molar-refractivity contribution in [2.45, 2.75) is 38.1 Å². The molecular weight excluding hydrogens is 378 g/mol. The van der Waals surface area contributed by atoms with E-state index >= 15 is 0 Å². The fraction of sp³-hybridized carbons (Fsp3) is 0.300. The average Bonchev–Trinajstić information content (AvgIpc) is 3.15. The van der Waals surface area contributed by atoms with Gasteiger partial charge in [0.05, 0.1) is 0 Å². The molecule has 28 heavy (non-hydrogen) atoms. The Morgan fingerprint density at radius 1 is 0.857 bits per heavy atom. The quantitative estimate of drug-likeness (QED) is 0.412. The zero-order valence-corrected chi connectivity index (χ0v) is 15.9. The summed E-state index contributed by atoms with van der Waals surface area (Å²) in [6, 6.07) is 7.65. The summed E-state index contributed by atoms with van der Waals surface area (Å²) in [6.45, 7) is 0. The number of phenolic OH excluding ortho intramolecular Hbond substituents is 4. The molecule has 0 spiro atoms. The van der Waals surface area contributed by atoms with Gasteiger partial charge in [-0.25, -0.2) is 0 Å². The average molecular weight is 399 g/mol. The van der Waals surface area contributed by atoms with Gasteiger partial charge in [0.2, 0.25) is 5.13 Å². The summed E-state index contributed by atoms with van der Waals surface area (Å²) in [5.74, 6) is -1.18. The van der Waals surface area contributed by atoms with Gasteiger partial charge in [0, 0.05) is 17.2 Å². The normalized spacial score (nSPS) is 14.9. The molecule has 0 atom stereocenters. The molecule has 4 rings (SSSR count). The van der Waals surface area contributed by atoms with Crippen molar-refractivity contribution in [3.63, 3.8) is 0 Å². The van der Waals surface area contributed by atoms with Crippen LogP contribution < -0.4 is 5.32 Å². The third-order valence-corrected chi connectivity index (χ3v) is 5.90. The first-order chi connectivity index (χ1) is 13.5. The molecule has 3 aromatic rings. The molecule has 0 amide bonds. The highest BCUT2D eigenvalue weighted by molar-refractivity contribution is 7.18. The van der Waals surface area contributed by atoms with Crippen molar-refractivity contribution in [2.75, 3.05) is 5.32 Å². The minimum atomic E-state index is -0.320. The first-order valence-electron chi connectivity index (χ1n) is 9.20. The molecule has 0 unspecified atom stereocenters. The van der Waals surface area contributed by atoms with Crippen LogP contribution in [0.2, 0.25) is 0 Å². The number of hydrogen-bond acceptors (Lipinski definition) is 8. The molecule has 146 valence electrons. The Kier molecular flexibility index (Phi) is 4.95. The molecule has 1 heterocycles. The number of aromatic nitrogens is 2. The lowest BCUT2D eigenvalue weighted by atomic mass is 9.96. The SMILES string of the molecule is Oc1ccc(-c2c(-c3nnc(NC4CCCCC4)s3)ccc(O)c2O)cc1O. The summed E-state index contributed by atoms with van der Waals surface area (Å²) in [5, 5.41) is 53.1. The van der Waals surface area contributed by atoms with Crippen LogP contribution >= 0.6 is 11.3 Å². The molecule has 0 aliphatic heterocycles. The Morgan fingerprint density at radius 2 is 1.61 bits per heavy atom. The van der Waals surface area contributed by atoms with Gasteiger partial charge < -0.3 is 25.7 Å². The maximum Gasteiger partial charge on any atom is 0.206 e. The van der Waals surface area contributed by atoms with Crippen molar-refractivity contribution in [3.05, 3.63) is 30.3 Å². The van der Waals surface area contributed by atoms with E-state index in [-0.39, 0.29) is 23.0 Å². The zero-order valence-electron chi connectivity index (χ0n) is 15.1. The summed E-state index contributed by atoms with van der Waals surface area (Å²) in [7, 11) is 0. The fourth-order valence-corrected chi connectivity index (χ4v) is 4.39. The van der Waals surface area contributed by atoms with Gasteiger partial charge in [-0.2, -0.15) is 0 Å². The molecule has 5 N–H and O–H groups in total. The summed E-state index contributed by atoms with van der Waals surface area (Å²) in [6.07, 6.45) is 5.93. The second-order valence-electron chi connectivity index (χ2n) is 6.95. The number of aromatic hydroxyl groups is 4. The van der Waals surface area contributed by atoms with Crippen molar-refractivity contribution < 1.29 is 20.4 Å². The van der Waals surface area contributed by atoms with Crippen LogP contribution in [0.4, 0.5) is 5.13 Å². The van der Waals surface area contributed by atoms with Gasteiger partial charge in [0.1, 0.15) is 5.01 Å². The lowest BCUT2D eigenvalue weighted by Gasteiger charge is -2.21. The minimum Gasteiger partial charge on any atom is -0.504 e. The van der Waals surface area contributed by atoms with Gasteiger partial charge in [-0.1, -0.05) is 36.7 Å². The number of hydrogen-bond donors (Lipinski definition) is 5. The van der Waals surface area contributed by atoms with Crippen LogP contribution in [0, 0.1) is 0 Å². The highest BCUT2D eigenvalue weighted by Crippen LogP contribution is 2.46. The third-order valence-electron chi connectivity index (χ3n) is 5.01. The second-order valence-corrected chi connectivity index (χ2v) is 7.93. The first kappa shape index (κ1) is 18.4. The second kappa shape index (κ2) is 7.55. The summed E-state index contributed by atoms with van der Waals surface area (Å²) >= 11 is 1.37. The lowest BCUT2D eigenvalue weighted by Crippen LogP contribution is -2.21. The van der Waals surface area contributed by atoms with Crippen molar-refractivity contribution in [1.82, 2.24) is 10.2 Å². The Morgan fingerprint density at radius 3 is 2.36 bits per heavy atom. The Bertz CT molecular complexity index is 999. The van der Waals surface area contributed by atoms with Crippen LogP contribution in [-0.4, -0.2) is 36.7 Å². The van der Waals surface area contributed by atoms with Gasteiger partial charge >= 0.3 is 0 Å². The number of nitrogens with one attached hydrogen (secondary N) is 1. The molecule has 7 nitrogen and oxygen atoms in total. The maximum absolute atomic E-state index is 10.5. The Balaban J connectivity index is 1.72. The third kappa shape index (κ3) is 3.55. The largest absolute Gasteiger partial charge is 0.504 e.